The minimum atomic E-state index is -0.925. The lowest BCUT2D eigenvalue weighted by Crippen LogP contribution is -2.37. The van der Waals surface area contributed by atoms with E-state index in [1.807, 2.05) is 0 Å². The number of hydrogen-bond acceptors (Lipinski definition) is 3. The van der Waals surface area contributed by atoms with Crippen LogP contribution < -0.4 is 10.6 Å². The molecule has 0 aromatic heterocycles. The molecule has 1 saturated heterocycles. The number of aliphatic carboxylic acids is 1. The predicted octanol–water partition coefficient (Wildman–Crippen LogP) is 0.531. The van der Waals surface area contributed by atoms with Crippen molar-refractivity contribution in [3.05, 3.63) is 29.8 Å². The van der Waals surface area contributed by atoms with Crippen molar-refractivity contribution in [2.45, 2.75) is 25.3 Å². The summed E-state index contributed by atoms with van der Waals surface area (Å²) in [5.41, 5.74) is 1.14. The predicted molar refractivity (Wildman–Crippen MR) is 67.6 cm³/mol. The molecule has 3 N–H and O–H groups in total. The molecule has 19 heavy (non-hydrogen) atoms. The van der Waals surface area contributed by atoms with Gasteiger partial charge in [0.15, 0.2) is 0 Å². The molecule has 1 heterocycles. The normalized spacial score (nSPS) is 17.9. The number of rotatable bonds is 4. The Labute approximate surface area is 109 Å². The Bertz CT molecular complexity index is 527. The van der Waals surface area contributed by atoms with Crippen LogP contribution in [0.5, 0.6) is 0 Å². The number of benzene rings is 1. The van der Waals surface area contributed by atoms with Crippen molar-refractivity contribution in [1.29, 1.82) is 0 Å². The van der Waals surface area contributed by atoms with E-state index in [1.54, 1.807) is 24.3 Å². The van der Waals surface area contributed by atoms with Crippen molar-refractivity contribution in [3.63, 3.8) is 0 Å². The molecule has 6 heteroatoms. The fourth-order valence-electron chi connectivity index (χ4n) is 1.97. The number of amides is 2. The van der Waals surface area contributed by atoms with E-state index in [9.17, 15) is 14.4 Å². The quantitative estimate of drug-likeness (QED) is 0.737. The lowest BCUT2D eigenvalue weighted by atomic mass is 10.1. The van der Waals surface area contributed by atoms with E-state index in [0.29, 0.717) is 24.1 Å². The van der Waals surface area contributed by atoms with E-state index in [2.05, 4.69) is 10.6 Å². The molecule has 100 valence electrons. The number of carboxylic acids is 1. The Kier molecular flexibility index (Phi) is 3.79. The maximum absolute atomic E-state index is 11.9. The molecule has 1 fully saturated rings. The van der Waals surface area contributed by atoms with Crippen LogP contribution in [0.4, 0.5) is 5.69 Å². The van der Waals surface area contributed by atoms with Crippen molar-refractivity contribution in [2.75, 3.05) is 5.32 Å². The first-order valence-corrected chi connectivity index (χ1v) is 5.95. The van der Waals surface area contributed by atoms with Gasteiger partial charge in [-0.3, -0.25) is 14.4 Å². The van der Waals surface area contributed by atoms with Gasteiger partial charge in [0.05, 0.1) is 6.42 Å². The molecular weight excluding hydrogens is 248 g/mol. The van der Waals surface area contributed by atoms with Crippen LogP contribution in [0, 0.1) is 0 Å². The molecular formula is C13H14N2O4. The number of anilines is 1. The lowest BCUT2D eigenvalue weighted by molar-refractivity contribution is -0.136. The van der Waals surface area contributed by atoms with Crippen molar-refractivity contribution >= 4 is 23.5 Å². The van der Waals surface area contributed by atoms with Gasteiger partial charge in [0, 0.05) is 12.1 Å². The molecule has 0 unspecified atom stereocenters. The average molecular weight is 262 g/mol. The molecule has 6 nitrogen and oxygen atoms in total. The molecule has 0 saturated carbocycles. The Morgan fingerprint density at radius 3 is 2.84 bits per heavy atom. The maximum atomic E-state index is 11.9. The number of nitrogens with one attached hydrogen (secondary N) is 2. The Balaban J connectivity index is 2.00. The molecule has 0 radical (unpaired) electrons. The second-order valence-corrected chi connectivity index (χ2v) is 4.42. The highest BCUT2D eigenvalue weighted by Crippen LogP contribution is 2.14. The summed E-state index contributed by atoms with van der Waals surface area (Å²) in [4.78, 5) is 33.5. The van der Waals surface area contributed by atoms with Gasteiger partial charge in [0.25, 0.3) is 0 Å². The summed E-state index contributed by atoms with van der Waals surface area (Å²) in [5.74, 6) is -1.33. The van der Waals surface area contributed by atoms with E-state index < -0.39 is 12.0 Å². The van der Waals surface area contributed by atoms with Gasteiger partial charge in [-0.2, -0.15) is 0 Å². The summed E-state index contributed by atoms with van der Waals surface area (Å²) in [6, 6.07) is 6.15. The summed E-state index contributed by atoms with van der Waals surface area (Å²) in [5, 5.41) is 14.0. The minimum Gasteiger partial charge on any atom is -0.481 e. The molecule has 2 rings (SSSR count). The average Bonchev–Trinajstić information content (AvgIpc) is 2.75. The van der Waals surface area contributed by atoms with Crippen LogP contribution in [0.15, 0.2) is 24.3 Å². The third-order valence-electron chi connectivity index (χ3n) is 2.86. The standard InChI is InChI=1S/C13H14N2O4/c16-11-5-4-10(15-11)13(19)14-9-3-1-2-8(6-9)7-12(17)18/h1-3,6,10H,4-5,7H2,(H,14,19)(H,15,16)(H,17,18)/t10-/m1/s1. The summed E-state index contributed by atoms with van der Waals surface area (Å²) in [6.45, 7) is 0. The van der Waals surface area contributed by atoms with Gasteiger partial charge in [-0.1, -0.05) is 12.1 Å². The monoisotopic (exact) mass is 262 g/mol. The van der Waals surface area contributed by atoms with Crippen LogP contribution in [0.3, 0.4) is 0 Å². The Hall–Kier alpha value is -2.37. The van der Waals surface area contributed by atoms with Crippen molar-refractivity contribution < 1.29 is 19.5 Å². The fraction of sp³-hybridized carbons (Fsp3) is 0.308. The van der Waals surface area contributed by atoms with E-state index in [0.717, 1.165) is 0 Å². The molecule has 2 amide bonds. The minimum absolute atomic E-state index is 0.0934. The second-order valence-electron chi connectivity index (χ2n) is 4.42. The summed E-state index contributed by atoms with van der Waals surface area (Å²) < 4.78 is 0. The van der Waals surface area contributed by atoms with Crippen LogP contribution in [0.2, 0.25) is 0 Å². The fourth-order valence-corrected chi connectivity index (χ4v) is 1.97. The molecule has 0 aliphatic carbocycles. The molecule has 0 bridgehead atoms. The Morgan fingerprint density at radius 1 is 1.42 bits per heavy atom. The first kappa shape index (κ1) is 13.1. The zero-order chi connectivity index (χ0) is 13.8. The molecule has 0 spiro atoms. The first-order valence-electron chi connectivity index (χ1n) is 5.95. The third-order valence-corrected chi connectivity index (χ3v) is 2.86. The van der Waals surface area contributed by atoms with Crippen LogP contribution in [-0.2, 0) is 20.8 Å². The van der Waals surface area contributed by atoms with Crippen molar-refractivity contribution in [2.24, 2.45) is 0 Å². The third kappa shape index (κ3) is 3.54. The van der Waals surface area contributed by atoms with Gasteiger partial charge in [-0.05, 0) is 24.1 Å². The molecule has 1 aliphatic heterocycles. The number of carbonyl (C=O) groups excluding carboxylic acids is 2. The van der Waals surface area contributed by atoms with Crippen LogP contribution in [0.25, 0.3) is 0 Å². The highest BCUT2D eigenvalue weighted by atomic mass is 16.4. The van der Waals surface area contributed by atoms with E-state index in [1.165, 1.54) is 0 Å². The van der Waals surface area contributed by atoms with Gasteiger partial charge in [0.2, 0.25) is 11.8 Å². The number of carbonyl (C=O) groups is 3. The zero-order valence-corrected chi connectivity index (χ0v) is 10.2. The summed E-state index contributed by atoms with van der Waals surface area (Å²) >= 11 is 0. The van der Waals surface area contributed by atoms with Crippen LogP contribution in [-0.4, -0.2) is 28.9 Å². The lowest BCUT2D eigenvalue weighted by Gasteiger charge is -2.11. The summed E-state index contributed by atoms with van der Waals surface area (Å²) in [7, 11) is 0. The van der Waals surface area contributed by atoms with E-state index >= 15 is 0 Å². The van der Waals surface area contributed by atoms with E-state index in [-0.39, 0.29) is 18.2 Å². The maximum Gasteiger partial charge on any atom is 0.307 e. The SMILES string of the molecule is O=C(O)Cc1cccc(NC(=O)[C@H]2CCC(=O)N2)c1. The zero-order valence-electron chi connectivity index (χ0n) is 10.2. The van der Waals surface area contributed by atoms with Crippen LogP contribution >= 0.6 is 0 Å². The first-order chi connectivity index (χ1) is 9.04. The highest BCUT2D eigenvalue weighted by molar-refractivity contribution is 5.99. The topological polar surface area (TPSA) is 95.5 Å². The highest BCUT2D eigenvalue weighted by Gasteiger charge is 2.27. The Morgan fingerprint density at radius 2 is 2.21 bits per heavy atom. The summed E-state index contributed by atoms with van der Waals surface area (Å²) in [6.07, 6.45) is 0.750. The number of hydrogen-bond donors (Lipinski definition) is 3. The molecule has 1 aliphatic rings. The molecule has 1 aromatic carbocycles. The largest absolute Gasteiger partial charge is 0.481 e. The number of carboxylic acid groups (broad SMARTS) is 1. The molecule has 1 aromatic rings. The van der Waals surface area contributed by atoms with Crippen molar-refractivity contribution in [1.82, 2.24) is 5.32 Å². The van der Waals surface area contributed by atoms with Crippen molar-refractivity contribution in [3.8, 4) is 0 Å². The van der Waals surface area contributed by atoms with E-state index in [4.69, 9.17) is 5.11 Å². The van der Waals surface area contributed by atoms with Gasteiger partial charge >= 0.3 is 5.97 Å². The van der Waals surface area contributed by atoms with Gasteiger partial charge in [-0.15, -0.1) is 0 Å². The smallest absolute Gasteiger partial charge is 0.307 e. The van der Waals surface area contributed by atoms with Gasteiger partial charge in [-0.25, -0.2) is 0 Å². The van der Waals surface area contributed by atoms with Gasteiger partial charge in [0.1, 0.15) is 6.04 Å². The van der Waals surface area contributed by atoms with Gasteiger partial charge < -0.3 is 15.7 Å². The molecule has 1 atom stereocenters. The second kappa shape index (κ2) is 5.51. The van der Waals surface area contributed by atoms with Crippen LogP contribution in [0.1, 0.15) is 18.4 Å².